The van der Waals surface area contributed by atoms with Gasteiger partial charge in [0.15, 0.2) is 0 Å². The molecule has 0 saturated carbocycles. The number of hydrogen-bond donors (Lipinski definition) is 0. The topological polar surface area (TPSA) is 25.8 Å². The monoisotopic (exact) mass is 268 g/mol. The van der Waals surface area contributed by atoms with E-state index in [0.717, 1.165) is 5.01 Å². The summed E-state index contributed by atoms with van der Waals surface area (Å²) in [6.45, 7) is 4.17. The first-order chi connectivity index (χ1) is 6.66. The first kappa shape index (κ1) is 9.80. The highest BCUT2D eigenvalue weighted by molar-refractivity contribution is 9.10. The van der Waals surface area contributed by atoms with E-state index in [4.69, 9.17) is 0 Å². The zero-order chi connectivity index (χ0) is 10.1. The lowest BCUT2D eigenvalue weighted by atomic mass is 10.1. The van der Waals surface area contributed by atoms with E-state index >= 15 is 0 Å². The third-order valence-corrected chi connectivity index (χ3v) is 3.36. The SMILES string of the molecule is Cc1ccc(C)c(-c2nc(Br)ns2)c1. The summed E-state index contributed by atoms with van der Waals surface area (Å²) in [5.74, 6) is 0. The number of aromatic nitrogens is 2. The van der Waals surface area contributed by atoms with Crippen molar-refractivity contribution in [1.29, 1.82) is 0 Å². The van der Waals surface area contributed by atoms with Crippen molar-refractivity contribution in [2.45, 2.75) is 13.8 Å². The Balaban J connectivity index is 2.55. The first-order valence-electron chi connectivity index (χ1n) is 4.23. The predicted octanol–water partition coefficient (Wildman–Crippen LogP) is 3.58. The fourth-order valence-electron chi connectivity index (χ4n) is 1.28. The smallest absolute Gasteiger partial charge is 0.209 e. The van der Waals surface area contributed by atoms with Crippen LogP contribution in [-0.2, 0) is 0 Å². The summed E-state index contributed by atoms with van der Waals surface area (Å²) in [6.07, 6.45) is 0. The molecule has 0 saturated heterocycles. The third-order valence-electron chi connectivity index (χ3n) is 2.02. The van der Waals surface area contributed by atoms with Crippen molar-refractivity contribution in [2.24, 2.45) is 0 Å². The van der Waals surface area contributed by atoms with Crippen LogP contribution in [0, 0.1) is 13.8 Å². The van der Waals surface area contributed by atoms with E-state index in [9.17, 15) is 0 Å². The number of aryl methyl sites for hydroxylation is 2. The Hall–Kier alpha value is -0.740. The summed E-state index contributed by atoms with van der Waals surface area (Å²) in [5.41, 5.74) is 3.66. The number of nitrogens with zero attached hydrogens (tertiary/aromatic N) is 2. The molecule has 14 heavy (non-hydrogen) atoms. The second-order valence-electron chi connectivity index (χ2n) is 3.19. The van der Waals surface area contributed by atoms with Gasteiger partial charge in [-0.2, -0.15) is 4.37 Å². The van der Waals surface area contributed by atoms with E-state index in [1.54, 1.807) is 0 Å². The molecule has 0 aliphatic heterocycles. The molecule has 0 spiro atoms. The van der Waals surface area contributed by atoms with Crippen molar-refractivity contribution in [3.63, 3.8) is 0 Å². The van der Waals surface area contributed by atoms with Crippen LogP contribution in [-0.4, -0.2) is 9.36 Å². The summed E-state index contributed by atoms with van der Waals surface area (Å²) in [7, 11) is 0. The highest BCUT2D eigenvalue weighted by Gasteiger charge is 2.07. The summed E-state index contributed by atoms with van der Waals surface area (Å²) in [6, 6.07) is 6.36. The molecular weight excluding hydrogens is 260 g/mol. The lowest BCUT2D eigenvalue weighted by Gasteiger charge is -2.02. The minimum Gasteiger partial charge on any atom is -0.209 e. The Morgan fingerprint density at radius 2 is 2.07 bits per heavy atom. The van der Waals surface area contributed by atoms with E-state index in [2.05, 4.69) is 57.3 Å². The molecule has 72 valence electrons. The normalized spacial score (nSPS) is 10.5. The van der Waals surface area contributed by atoms with Gasteiger partial charge in [-0.25, -0.2) is 4.98 Å². The number of benzene rings is 1. The van der Waals surface area contributed by atoms with Gasteiger partial charge in [-0.1, -0.05) is 17.7 Å². The fourth-order valence-corrected chi connectivity index (χ4v) is 2.44. The predicted molar refractivity (Wildman–Crippen MR) is 62.5 cm³/mol. The largest absolute Gasteiger partial charge is 0.209 e. The molecule has 1 aromatic carbocycles. The van der Waals surface area contributed by atoms with Crippen LogP contribution in [0.3, 0.4) is 0 Å². The highest BCUT2D eigenvalue weighted by atomic mass is 79.9. The van der Waals surface area contributed by atoms with E-state index in [0.29, 0.717) is 4.73 Å². The van der Waals surface area contributed by atoms with E-state index in [1.807, 2.05) is 0 Å². The minimum absolute atomic E-state index is 0.665. The van der Waals surface area contributed by atoms with E-state index in [1.165, 1.54) is 28.2 Å². The van der Waals surface area contributed by atoms with Crippen molar-refractivity contribution >= 4 is 27.5 Å². The summed E-state index contributed by atoms with van der Waals surface area (Å²) >= 11 is 4.68. The molecule has 0 aliphatic carbocycles. The number of hydrogen-bond acceptors (Lipinski definition) is 3. The molecule has 2 rings (SSSR count). The molecule has 0 unspecified atom stereocenters. The molecule has 0 atom stereocenters. The molecule has 2 nitrogen and oxygen atoms in total. The van der Waals surface area contributed by atoms with Crippen molar-refractivity contribution in [1.82, 2.24) is 9.36 Å². The van der Waals surface area contributed by atoms with Gasteiger partial charge in [-0.15, -0.1) is 0 Å². The average molecular weight is 269 g/mol. The summed E-state index contributed by atoms with van der Waals surface area (Å²) in [5, 5.41) is 0.970. The van der Waals surface area contributed by atoms with Crippen LogP contribution in [0.4, 0.5) is 0 Å². The van der Waals surface area contributed by atoms with Gasteiger partial charge >= 0.3 is 0 Å². The second kappa shape index (κ2) is 3.79. The van der Waals surface area contributed by atoms with Crippen molar-refractivity contribution < 1.29 is 0 Å². The molecule has 0 fully saturated rings. The summed E-state index contributed by atoms with van der Waals surface area (Å²) < 4.78 is 4.78. The van der Waals surface area contributed by atoms with Crippen molar-refractivity contribution in [3.05, 3.63) is 34.1 Å². The van der Waals surface area contributed by atoms with Gasteiger partial charge in [0, 0.05) is 5.56 Å². The van der Waals surface area contributed by atoms with Crippen LogP contribution in [0.15, 0.2) is 22.9 Å². The average Bonchev–Trinajstić information content (AvgIpc) is 2.56. The van der Waals surface area contributed by atoms with E-state index in [-0.39, 0.29) is 0 Å². The molecule has 0 N–H and O–H groups in total. The Labute approximate surface area is 95.3 Å². The van der Waals surface area contributed by atoms with Gasteiger partial charge in [0.25, 0.3) is 0 Å². The fraction of sp³-hybridized carbons (Fsp3) is 0.200. The third kappa shape index (κ3) is 1.86. The Kier molecular flexibility index (Phi) is 2.65. The van der Waals surface area contributed by atoms with Gasteiger partial charge in [-0.05, 0) is 52.9 Å². The second-order valence-corrected chi connectivity index (χ2v) is 4.65. The van der Waals surface area contributed by atoms with Crippen LogP contribution in [0.1, 0.15) is 11.1 Å². The molecule has 2 aromatic rings. The van der Waals surface area contributed by atoms with Gasteiger partial charge < -0.3 is 0 Å². The molecule has 0 radical (unpaired) electrons. The number of halogens is 1. The van der Waals surface area contributed by atoms with Gasteiger partial charge in [0.05, 0.1) is 0 Å². The maximum atomic E-state index is 4.31. The Morgan fingerprint density at radius 1 is 1.29 bits per heavy atom. The molecule has 1 aromatic heterocycles. The summed E-state index contributed by atoms with van der Waals surface area (Å²) in [4.78, 5) is 4.31. The molecule has 0 bridgehead atoms. The molecular formula is C10H9BrN2S. The van der Waals surface area contributed by atoms with Crippen LogP contribution in [0.2, 0.25) is 0 Å². The van der Waals surface area contributed by atoms with Gasteiger partial charge in [0.2, 0.25) is 4.73 Å². The Morgan fingerprint density at radius 3 is 2.71 bits per heavy atom. The van der Waals surface area contributed by atoms with Crippen LogP contribution < -0.4 is 0 Å². The first-order valence-corrected chi connectivity index (χ1v) is 5.80. The molecule has 0 aliphatic rings. The standard InChI is InChI=1S/C10H9BrN2S/c1-6-3-4-7(2)8(5-6)9-12-10(11)13-14-9/h3-5H,1-2H3. The lowest BCUT2D eigenvalue weighted by molar-refractivity contribution is 1.25. The van der Waals surface area contributed by atoms with Crippen LogP contribution in [0.25, 0.3) is 10.6 Å². The lowest BCUT2D eigenvalue weighted by Crippen LogP contribution is -1.83. The maximum Gasteiger partial charge on any atom is 0.209 e. The van der Waals surface area contributed by atoms with Crippen molar-refractivity contribution in [3.8, 4) is 10.6 Å². The maximum absolute atomic E-state index is 4.31. The van der Waals surface area contributed by atoms with E-state index < -0.39 is 0 Å². The minimum atomic E-state index is 0.665. The zero-order valence-corrected chi connectivity index (χ0v) is 10.3. The zero-order valence-electron chi connectivity index (χ0n) is 7.91. The van der Waals surface area contributed by atoms with Crippen LogP contribution >= 0.6 is 27.5 Å². The molecule has 0 amide bonds. The number of rotatable bonds is 1. The highest BCUT2D eigenvalue weighted by Crippen LogP contribution is 2.27. The van der Waals surface area contributed by atoms with Gasteiger partial charge in [0.1, 0.15) is 5.01 Å². The van der Waals surface area contributed by atoms with Crippen molar-refractivity contribution in [2.75, 3.05) is 0 Å². The quantitative estimate of drug-likeness (QED) is 0.790. The van der Waals surface area contributed by atoms with Gasteiger partial charge in [-0.3, -0.25) is 0 Å². The van der Waals surface area contributed by atoms with Crippen LogP contribution in [0.5, 0.6) is 0 Å². The molecule has 1 heterocycles. The Bertz CT molecular complexity index is 465. The molecule has 4 heteroatoms.